The molecule has 1 rings (SSSR count). The number of methoxy groups -OCH3 is 1. The van der Waals surface area contributed by atoms with Crippen molar-refractivity contribution in [2.24, 2.45) is 0 Å². The van der Waals surface area contributed by atoms with Crippen molar-refractivity contribution in [3.8, 4) is 11.8 Å². The highest BCUT2D eigenvalue weighted by atomic mass is 79.9. The van der Waals surface area contributed by atoms with Gasteiger partial charge >= 0.3 is 0 Å². The maximum Gasteiger partial charge on any atom is 0.253 e. The fraction of sp³-hybridized carbons (Fsp3) is 0.200. The van der Waals surface area contributed by atoms with Crippen molar-refractivity contribution in [2.45, 2.75) is 0 Å². The molecule has 0 saturated heterocycles. The molecule has 0 bridgehead atoms. The van der Waals surface area contributed by atoms with Gasteiger partial charge in [0.25, 0.3) is 5.91 Å². The van der Waals surface area contributed by atoms with Gasteiger partial charge in [-0.1, -0.05) is 0 Å². The van der Waals surface area contributed by atoms with Crippen LogP contribution in [0.5, 0.6) is 5.75 Å². The maximum atomic E-state index is 11.5. The van der Waals surface area contributed by atoms with Gasteiger partial charge in [-0.15, -0.1) is 0 Å². The predicted octanol–water partition coefficient (Wildman–Crippen LogP) is 1.71. The fourth-order valence-electron chi connectivity index (χ4n) is 1.02. The van der Waals surface area contributed by atoms with Crippen LogP contribution in [0.25, 0.3) is 0 Å². The first kappa shape index (κ1) is 11.5. The Bertz CT molecular complexity index is 412. The average Bonchev–Trinajstić information content (AvgIpc) is 2.26. The van der Waals surface area contributed by atoms with Crippen LogP contribution in [-0.4, -0.2) is 19.6 Å². The number of benzene rings is 1. The number of hydrogen-bond donors (Lipinski definition) is 1. The van der Waals surface area contributed by atoms with Crippen molar-refractivity contribution >= 4 is 21.8 Å². The number of rotatable bonds is 3. The third-order valence-corrected chi connectivity index (χ3v) is 2.44. The van der Waals surface area contributed by atoms with Gasteiger partial charge in [0.05, 0.1) is 18.7 Å². The minimum absolute atomic E-state index is 0.0114. The average molecular weight is 269 g/mol. The first-order valence-corrected chi connectivity index (χ1v) is 4.97. The highest BCUT2D eigenvalue weighted by molar-refractivity contribution is 9.10. The number of amides is 1. The SMILES string of the molecule is COc1ccc(Br)c(C(=O)NCC#N)c1. The fourth-order valence-corrected chi connectivity index (χ4v) is 1.45. The lowest BCUT2D eigenvalue weighted by atomic mass is 10.2. The van der Waals surface area contributed by atoms with E-state index >= 15 is 0 Å². The van der Waals surface area contributed by atoms with Crippen molar-refractivity contribution in [3.63, 3.8) is 0 Å². The van der Waals surface area contributed by atoms with E-state index in [1.54, 1.807) is 18.2 Å². The zero-order valence-corrected chi connectivity index (χ0v) is 9.67. The van der Waals surface area contributed by atoms with Crippen molar-refractivity contribution in [1.82, 2.24) is 5.32 Å². The number of nitriles is 1. The molecule has 1 amide bonds. The zero-order valence-electron chi connectivity index (χ0n) is 8.08. The summed E-state index contributed by atoms with van der Waals surface area (Å²) in [5.74, 6) is 0.294. The number of nitrogens with one attached hydrogen (secondary N) is 1. The third kappa shape index (κ3) is 2.96. The van der Waals surface area contributed by atoms with Crippen LogP contribution in [-0.2, 0) is 0 Å². The van der Waals surface area contributed by atoms with Gasteiger partial charge in [-0.25, -0.2) is 0 Å². The quantitative estimate of drug-likeness (QED) is 0.850. The molecule has 0 saturated carbocycles. The molecule has 78 valence electrons. The summed E-state index contributed by atoms with van der Waals surface area (Å²) in [6.07, 6.45) is 0. The Morgan fingerprint density at radius 1 is 1.67 bits per heavy atom. The van der Waals surface area contributed by atoms with E-state index in [1.807, 2.05) is 6.07 Å². The van der Waals surface area contributed by atoms with E-state index in [1.165, 1.54) is 7.11 Å². The lowest BCUT2D eigenvalue weighted by Gasteiger charge is -2.06. The standard InChI is InChI=1S/C10H9BrN2O2/c1-15-7-2-3-9(11)8(6-7)10(14)13-5-4-12/h2-3,6H,5H2,1H3,(H,13,14). The first-order valence-electron chi connectivity index (χ1n) is 4.17. The summed E-state index contributed by atoms with van der Waals surface area (Å²) in [6, 6.07) is 6.91. The summed E-state index contributed by atoms with van der Waals surface area (Å²) >= 11 is 3.25. The van der Waals surface area contributed by atoms with E-state index in [0.29, 0.717) is 15.8 Å². The van der Waals surface area contributed by atoms with E-state index in [2.05, 4.69) is 21.2 Å². The lowest BCUT2D eigenvalue weighted by Crippen LogP contribution is -2.23. The zero-order chi connectivity index (χ0) is 11.3. The van der Waals surface area contributed by atoms with Gasteiger partial charge in [-0.2, -0.15) is 5.26 Å². The van der Waals surface area contributed by atoms with Crippen molar-refractivity contribution in [2.75, 3.05) is 13.7 Å². The molecule has 15 heavy (non-hydrogen) atoms. The van der Waals surface area contributed by atoms with Crippen LogP contribution in [0.4, 0.5) is 0 Å². The van der Waals surface area contributed by atoms with E-state index in [9.17, 15) is 4.79 Å². The van der Waals surface area contributed by atoms with Crippen molar-refractivity contribution in [1.29, 1.82) is 5.26 Å². The van der Waals surface area contributed by atoms with Crippen LogP contribution in [0.3, 0.4) is 0 Å². The maximum absolute atomic E-state index is 11.5. The molecule has 1 aromatic carbocycles. The Labute approximate surface area is 96.0 Å². The van der Waals surface area contributed by atoms with Gasteiger partial charge in [-0.3, -0.25) is 4.79 Å². The lowest BCUT2D eigenvalue weighted by molar-refractivity contribution is 0.0957. The highest BCUT2D eigenvalue weighted by Crippen LogP contribution is 2.22. The van der Waals surface area contributed by atoms with Crippen LogP contribution in [0.2, 0.25) is 0 Å². The molecule has 0 aromatic heterocycles. The van der Waals surface area contributed by atoms with E-state index in [0.717, 1.165) is 0 Å². The molecule has 0 aliphatic heterocycles. The van der Waals surface area contributed by atoms with E-state index in [4.69, 9.17) is 10.00 Å². The molecule has 1 N–H and O–H groups in total. The minimum atomic E-state index is -0.303. The molecule has 0 radical (unpaired) electrons. The summed E-state index contributed by atoms with van der Waals surface area (Å²) in [5, 5.41) is 10.8. The van der Waals surface area contributed by atoms with Crippen molar-refractivity contribution < 1.29 is 9.53 Å². The summed E-state index contributed by atoms with van der Waals surface area (Å²) in [6.45, 7) is -0.0114. The summed E-state index contributed by atoms with van der Waals surface area (Å²) in [7, 11) is 1.53. The van der Waals surface area contributed by atoms with Gasteiger partial charge in [0.2, 0.25) is 0 Å². The largest absolute Gasteiger partial charge is 0.497 e. The van der Waals surface area contributed by atoms with Crippen LogP contribution in [0, 0.1) is 11.3 Å². The number of carbonyl (C=O) groups is 1. The number of carbonyl (C=O) groups excluding carboxylic acids is 1. The van der Waals surface area contributed by atoms with E-state index in [-0.39, 0.29) is 12.5 Å². The highest BCUT2D eigenvalue weighted by Gasteiger charge is 2.10. The Balaban J connectivity index is 2.92. The molecule has 1 aromatic rings. The second-order valence-corrected chi connectivity index (χ2v) is 3.54. The molecule has 4 nitrogen and oxygen atoms in total. The second kappa shape index (κ2) is 5.37. The molecule has 0 unspecified atom stereocenters. The molecular weight excluding hydrogens is 260 g/mol. The summed E-state index contributed by atoms with van der Waals surface area (Å²) in [5.41, 5.74) is 0.449. The number of halogens is 1. The van der Waals surface area contributed by atoms with Gasteiger partial charge in [-0.05, 0) is 34.1 Å². The number of ether oxygens (including phenoxy) is 1. The molecule has 0 aliphatic carbocycles. The monoisotopic (exact) mass is 268 g/mol. The summed E-state index contributed by atoms with van der Waals surface area (Å²) < 4.78 is 5.66. The normalized spacial score (nSPS) is 9.13. The molecule has 0 aliphatic rings. The predicted molar refractivity (Wildman–Crippen MR) is 58.6 cm³/mol. The topological polar surface area (TPSA) is 62.1 Å². The number of hydrogen-bond acceptors (Lipinski definition) is 3. The minimum Gasteiger partial charge on any atom is -0.497 e. The van der Waals surface area contributed by atoms with Crippen LogP contribution >= 0.6 is 15.9 Å². The van der Waals surface area contributed by atoms with Gasteiger partial charge < -0.3 is 10.1 Å². The van der Waals surface area contributed by atoms with Crippen LogP contribution in [0.1, 0.15) is 10.4 Å². The Morgan fingerprint density at radius 2 is 2.40 bits per heavy atom. The second-order valence-electron chi connectivity index (χ2n) is 2.69. The Hall–Kier alpha value is -1.54. The first-order chi connectivity index (χ1) is 7.19. The third-order valence-electron chi connectivity index (χ3n) is 1.75. The molecule has 0 atom stereocenters. The Kier molecular flexibility index (Phi) is 4.13. The van der Waals surface area contributed by atoms with Gasteiger partial charge in [0.15, 0.2) is 0 Å². The van der Waals surface area contributed by atoms with E-state index < -0.39 is 0 Å². The smallest absolute Gasteiger partial charge is 0.253 e. The molecule has 5 heteroatoms. The molecule has 0 fully saturated rings. The Morgan fingerprint density at radius 3 is 3.00 bits per heavy atom. The molecule has 0 spiro atoms. The van der Waals surface area contributed by atoms with Crippen molar-refractivity contribution in [3.05, 3.63) is 28.2 Å². The molecular formula is C10H9BrN2O2. The van der Waals surface area contributed by atoms with Crippen LogP contribution in [0.15, 0.2) is 22.7 Å². The number of nitrogens with zero attached hydrogens (tertiary/aromatic N) is 1. The van der Waals surface area contributed by atoms with Crippen LogP contribution < -0.4 is 10.1 Å². The molecule has 0 heterocycles. The van der Waals surface area contributed by atoms with Gasteiger partial charge in [0.1, 0.15) is 12.3 Å². The van der Waals surface area contributed by atoms with Gasteiger partial charge in [0, 0.05) is 4.47 Å². The summed E-state index contributed by atoms with van der Waals surface area (Å²) in [4.78, 5) is 11.5.